The van der Waals surface area contributed by atoms with Crippen LogP contribution in [0.25, 0.3) is 0 Å². The van der Waals surface area contributed by atoms with Crippen molar-refractivity contribution in [3.63, 3.8) is 0 Å². The van der Waals surface area contributed by atoms with Gasteiger partial charge in [-0.05, 0) is 68.7 Å². The molecular weight excluding hydrogens is 545 g/mol. The van der Waals surface area contributed by atoms with Gasteiger partial charge < -0.3 is 15.0 Å². The molecule has 2 atom stereocenters. The molecule has 0 spiro atoms. The van der Waals surface area contributed by atoms with E-state index >= 15 is 4.39 Å². The molecular formula is C31H38FN3O5S. The number of hydrogen-bond donors (Lipinski definition) is 1. The number of carbonyl (C=O) groups excluding carboxylic acids is 2. The lowest BCUT2D eigenvalue weighted by molar-refractivity contribution is -0.140. The summed E-state index contributed by atoms with van der Waals surface area (Å²) in [6.45, 7) is 6.74. The van der Waals surface area contributed by atoms with Crippen molar-refractivity contribution in [1.29, 1.82) is 0 Å². The van der Waals surface area contributed by atoms with E-state index in [4.69, 9.17) is 4.74 Å². The highest BCUT2D eigenvalue weighted by Crippen LogP contribution is 2.27. The second kappa shape index (κ2) is 14.1. The van der Waals surface area contributed by atoms with Gasteiger partial charge in [-0.2, -0.15) is 0 Å². The van der Waals surface area contributed by atoms with Gasteiger partial charge in [-0.1, -0.05) is 55.8 Å². The summed E-state index contributed by atoms with van der Waals surface area (Å²) in [6.07, 6.45) is 0.985. The predicted octanol–water partition coefficient (Wildman–Crippen LogP) is 5.06. The van der Waals surface area contributed by atoms with Crippen molar-refractivity contribution < 1.29 is 27.1 Å². The van der Waals surface area contributed by atoms with Crippen molar-refractivity contribution in [2.75, 3.05) is 18.0 Å². The van der Waals surface area contributed by atoms with Crippen LogP contribution in [-0.4, -0.2) is 50.9 Å². The van der Waals surface area contributed by atoms with E-state index in [1.165, 1.54) is 35.2 Å². The fourth-order valence-electron chi connectivity index (χ4n) is 4.29. The van der Waals surface area contributed by atoms with Crippen molar-refractivity contribution in [3.05, 3.63) is 89.7 Å². The van der Waals surface area contributed by atoms with Gasteiger partial charge in [-0.25, -0.2) is 12.8 Å². The van der Waals surface area contributed by atoms with E-state index in [-0.39, 0.29) is 35.5 Å². The van der Waals surface area contributed by atoms with E-state index in [9.17, 15) is 18.0 Å². The second-order valence-corrected chi connectivity index (χ2v) is 11.8. The largest absolute Gasteiger partial charge is 0.497 e. The van der Waals surface area contributed by atoms with Gasteiger partial charge in [0.1, 0.15) is 24.2 Å². The van der Waals surface area contributed by atoms with Crippen LogP contribution in [0.15, 0.2) is 77.7 Å². The summed E-state index contributed by atoms with van der Waals surface area (Å²) in [5, 5.41) is 2.93. The quantitative estimate of drug-likeness (QED) is 0.304. The predicted molar refractivity (Wildman–Crippen MR) is 158 cm³/mol. The molecule has 0 radical (unpaired) electrons. The molecule has 10 heteroatoms. The van der Waals surface area contributed by atoms with E-state index in [2.05, 4.69) is 5.32 Å². The van der Waals surface area contributed by atoms with E-state index in [1.807, 2.05) is 20.8 Å². The van der Waals surface area contributed by atoms with Crippen LogP contribution >= 0.6 is 0 Å². The molecule has 41 heavy (non-hydrogen) atoms. The molecule has 0 saturated carbocycles. The number of nitrogens with zero attached hydrogens (tertiary/aromatic N) is 2. The lowest BCUT2D eigenvalue weighted by Gasteiger charge is -2.33. The van der Waals surface area contributed by atoms with Crippen LogP contribution in [0.1, 0.15) is 44.7 Å². The Morgan fingerprint density at radius 1 is 0.951 bits per heavy atom. The summed E-state index contributed by atoms with van der Waals surface area (Å²) in [7, 11) is -2.81. The number of rotatable bonds is 13. The van der Waals surface area contributed by atoms with E-state index in [0.717, 1.165) is 15.9 Å². The minimum absolute atomic E-state index is 0.0327. The summed E-state index contributed by atoms with van der Waals surface area (Å²) >= 11 is 0. The van der Waals surface area contributed by atoms with Crippen LogP contribution in [0.4, 0.5) is 10.1 Å². The molecule has 0 bridgehead atoms. The molecule has 0 fully saturated rings. The molecule has 0 aliphatic heterocycles. The number of sulfonamides is 1. The Hall–Kier alpha value is -3.92. The third-order valence-electron chi connectivity index (χ3n) is 6.91. The van der Waals surface area contributed by atoms with Crippen LogP contribution < -0.4 is 14.4 Å². The zero-order valence-corrected chi connectivity index (χ0v) is 24.9. The molecule has 3 rings (SSSR count). The number of aryl methyl sites for hydroxylation is 1. The number of carbonyl (C=O) groups is 2. The normalized spacial score (nSPS) is 12.7. The summed E-state index contributed by atoms with van der Waals surface area (Å²) < 4.78 is 48.7. The highest BCUT2D eigenvalue weighted by Gasteiger charge is 2.34. The molecule has 0 heterocycles. The van der Waals surface area contributed by atoms with Gasteiger partial charge in [-0.3, -0.25) is 13.9 Å². The van der Waals surface area contributed by atoms with Gasteiger partial charge in [0.15, 0.2) is 0 Å². The fourth-order valence-corrected chi connectivity index (χ4v) is 5.71. The molecule has 220 valence electrons. The van der Waals surface area contributed by atoms with Crippen molar-refractivity contribution in [2.45, 2.75) is 64.1 Å². The maximum Gasteiger partial charge on any atom is 0.264 e. The third kappa shape index (κ3) is 7.85. The monoisotopic (exact) mass is 583 g/mol. The van der Waals surface area contributed by atoms with E-state index < -0.39 is 34.3 Å². The molecule has 3 aromatic carbocycles. The van der Waals surface area contributed by atoms with E-state index in [1.54, 1.807) is 50.4 Å². The first-order chi connectivity index (χ1) is 19.5. The maximum absolute atomic E-state index is 15.0. The van der Waals surface area contributed by atoms with Crippen molar-refractivity contribution in [2.24, 2.45) is 0 Å². The summed E-state index contributed by atoms with van der Waals surface area (Å²) in [4.78, 5) is 28.7. The van der Waals surface area contributed by atoms with Gasteiger partial charge in [0, 0.05) is 12.6 Å². The zero-order valence-electron chi connectivity index (χ0n) is 24.1. The average molecular weight is 584 g/mol. The third-order valence-corrected chi connectivity index (χ3v) is 8.68. The first-order valence-corrected chi connectivity index (χ1v) is 15.0. The first-order valence-electron chi connectivity index (χ1n) is 13.6. The van der Waals surface area contributed by atoms with Crippen LogP contribution in [0.2, 0.25) is 0 Å². The van der Waals surface area contributed by atoms with Crippen molar-refractivity contribution in [3.8, 4) is 5.75 Å². The molecule has 0 unspecified atom stereocenters. The minimum atomic E-state index is -4.35. The number of ether oxygens (including phenoxy) is 1. The topological polar surface area (TPSA) is 96.0 Å². The smallest absolute Gasteiger partial charge is 0.264 e. The van der Waals surface area contributed by atoms with Gasteiger partial charge in [0.2, 0.25) is 11.8 Å². The highest BCUT2D eigenvalue weighted by molar-refractivity contribution is 7.92. The van der Waals surface area contributed by atoms with Crippen LogP contribution in [0.5, 0.6) is 5.75 Å². The van der Waals surface area contributed by atoms with Crippen LogP contribution in [-0.2, 0) is 26.2 Å². The molecule has 0 saturated heterocycles. The zero-order chi connectivity index (χ0) is 30.2. The number of methoxy groups -OCH3 is 1. The van der Waals surface area contributed by atoms with Crippen LogP contribution in [0.3, 0.4) is 0 Å². The number of para-hydroxylation sites is 1. The number of anilines is 1. The van der Waals surface area contributed by atoms with Gasteiger partial charge in [0.05, 0.1) is 17.7 Å². The first kappa shape index (κ1) is 31.6. The number of hydrogen-bond acceptors (Lipinski definition) is 5. The minimum Gasteiger partial charge on any atom is -0.497 e. The number of amides is 2. The SMILES string of the molecule is CC[C@H](C)NC(=O)[C@H](CC)N(Cc1ccc(OC)cc1)C(=O)CN(c1ccccc1F)S(=O)(=O)c1ccc(C)cc1. The van der Waals surface area contributed by atoms with Crippen molar-refractivity contribution in [1.82, 2.24) is 10.2 Å². The Morgan fingerprint density at radius 2 is 1.59 bits per heavy atom. The maximum atomic E-state index is 15.0. The van der Waals surface area contributed by atoms with Gasteiger partial charge >= 0.3 is 0 Å². The highest BCUT2D eigenvalue weighted by atomic mass is 32.2. The molecule has 0 aromatic heterocycles. The molecule has 2 amide bonds. The summed E-state index contributed by atoms with van der Waals surface area (Å²) in [6, 6.07) is 17.5. The standard InChI is InChI=1S/C31H38FN3O5S/c1-6-23(4)33-31(37)28(7-2)34(20-24-14-16-25(40-5)17-15-24)30(36)21-35(29-11-9-8-10-27(29)32)41(38,39)26-18-12-22(3)13-19-26/h8-19,23,28H,6-7,20-21H2,1-5H3,(H,33,37)/t23-,28-/m0/s1. The Kier molecular flexibility index (Phi) is 10.9. The molecule has 1 N–H and O–H groups in total. The van der Waals surface area contributed by atoms with Crippen molar-refractivity contribution >= 4 is 27.5 Å². The van der Waals surface area contributed by atoms with Gasteiger partial charge in [0.25, 0.3) is 10.0 Å². The molecule has 8 nitrogen and oxygen atoms in total. The number of benzene rings is 3. The Balaban J connectivity index is 2.06. The lowest BCUT2D eigenvalue weighted by Crippen LogP contribution is -2.53. The summed E-state index contributed by atoms with van der Waals surface area (Å²) in [5.41, 5.74) is 1.30. The number of halogens is 1. The Labute approximate surface area is 242 Å². The van der Waals surface area contributed by atoms with Gasteiger partial charge in [-0.15, -0.1) is 0 Å². The van der Waals surface area contributed by atoms with Crippen LogP contribution in [0, 0.1) is 12.7 Å². The van der Waals surface area contributed by atoms with E-state index in [0.29, 0.717) is 17.7 Å². The average Bonchev–Trinajstić information content (AvgIpc) is 2.96. The molecule has 3 aromatic rings. The lowest BCUT2D eigenvalue weighted by atomic mass is 10.1. The number of nitrogens with one attached hydrogen (secondary N) is 1. The Bertz CT molecular complexity index is 1430. The molecule has 0 aliphatic rings. The summed E-state index contributed by atoms with van der Waals surface area (Å²) in [5.74, 6) is -1.16. The fraction of sp³-hybridized carbons (Fsp3) is 0.355. The Morgan fingerprint density at radius 3 is 2.15 bits per heavy atom. The second-order valence-electron chi connectivity index (χ2n) is 9.89. The molecule has 0 aliphatic carbocycles.